The summed E-state index contributed by atoms with van der Waals surface area (Å²) in [6.07, 6.45) is 9.21. The number of amides is 1. The number of piperidine rings is 1. The van der Waals surface area contributed by atoms with Crippen LogP contribution in [-0.4, -0.2) is 46.8 Å². The molecule has 6 heteroatoms. The number of carbonyl (C=O) groups excluding carboxylic acids is 1. The molecule has 3 rings (SSSR count). The Labute approximate surface area is 149 Å². The van der Waals surface area contributed by atoms with Crippen LogP contribution in [0.15, 0.2) is 17.1 Å². The molecule has 0 saturated carbocycles. The fourth-order valence-electron chi connectivity index (χ4n) is 3.91. The van der Waals surface area contributed by atoms with E-state index in [4.69, 9.17) is 0 Å². The Kier molecular flexibility index (Phi) is 6.10. The number of hydrogen-bond donors (Lipinski definition) is 0. The second kappa shape index (κ2) is 8.50. The van der Waals surface area contributed by atoms with Gasteiger partial charge in [0.1, 0.15) is 0 Å². The number of aryl methyl sites for hydroxylation is 1. The minimum absolute atomic E-state index is 0.0397. The monoisotopic (exact) mass is 346 g/mol. The SMILES string of the molecule is CCCn1ncc(N2CCC(C(=O)N3CCCCCC3)CC2)cc1=O. The molecule has 0 N–H and O–H groups in total. The molecule has 0 bridgehead atoms. The highest BCUT2D eigenvalue weighted by Crippen LogP contribution is 2.24. The van der Waals surface area contributed by atoms with Crippen molar-refractivity contribution in [3.8, 4) is 0 Å². The van der Waals surface area contributed by atoms with Gasteiger partial charge in [0.2, 0.25) is 5.91 Å². The molecule has 0 radical (unpaired) electrons. The number of nitrogens with zero attached hydrogens (tertiary/aromatic N) is 4. The van der Waals surface area contributed by atoms with Gasteiger partial charge < -0.3 is 9.80 Å². The minimum Gasteiger partial charge on any atom is -0.370 e. The number of hydrogen-bond acceptors (Lipinski definition) is 4. The van der Waals surface area contributed by atoms with Gasteiger partial charge >= 0.3 is 0 Å². The van der Waals surface area contributed by atoms with E-state index >= 15 is 0 Å². The van der Waals surface area contributed by atoms with Crippen LogP contribution >= 0.6 is 0 Å². The fourth-order valence-corrected chi connectivity index (χ4v) is 3.91. The van der Waals surface area contributed by atoms with Crippen LogP contribution in [0.1, 0.15) is 51.9 Å². The average Bonchev–Trinajstić information content (AvgIpc) is 2.92. The second-order valence-electron chi connectivity index (χ2n) is 7.28. The molecule has 0 spiro atoms. The predicted molar refractivity (Wildman–Crippen MR) is 98.8 cm³/mol. The number of aromatic nitrogens is 2. The Balaban J connectivity index is 1.57. The standard InChI is InChI=1S/C19H30N4O2/c1-2-9-23-18(24)14-17(15-20-23)21-12-7-16(8-13-21)19(25)22-10-5-3-4-6-11-22/h14-16H,2-13H2,1H3. The van der Waals surface area contributed by atoms with Crippen LogP contribution in [-0.2, 0) is 11.3 Å². The van der Waals surface area contributed by atoms with Crippen molar-refractivity contribution in [1.82, 2.24) is 14.7 Å². The molecule has 2 fully saturated rings. The van der Waals surface area contributed by atoms with E-state index in [2.05, 4.69) is 14.9 Å². The van der Waals surface area contributed by atoms with Gasteiger partial charge in [-0.05, 0) is 32.1 Å². The summed E-state index contributed by atoms with van der Waals surface area (Å²) in [5.41, 5.74) is 0.847. The highest BCUT2D eigenvalue weighted by Gasteiger charge is 2.29. The first-order valence-corrected chi connectivity index (χ1v) is 9.80. The molecule has 0 atom stereocenters. The van der Waals surface area contributed by atoms with Crippen LogP contribution in [0.2, 0.25) is 0 Å². The van der Waals surface area contributed by atoms with Crippen molar-refractivity contribution >= 4 is 11.6 Å². The molecular weight excluding hydrogens is 316 g/mol. The van der Waals surface area contributed by atoms with Crippen molar-refractivity contribution in [2.75, 3.05) is 31.1 Å². The summed E-state index contributed by atoms with van der Waals surface area (Å²) in [5, 5.41) is 4.27. The van der Waals surface area contributed by atoms with Gasteiger partial charge in [-0.25, -0.2) is 4.68 Å². The molecule has 0 aromatic carbocycles. The van der Waals surface area contributed by atoms with Gasteiger partial charge in [-0.1, -0.05) is 19.8 Å². The van der Waals surface area contributed by atoms with Gasteiger partial charge in [-0.2, -0.15) is 5.10 Å². The Bertz CT molecular complexity index is 627. The van der Waals surface area contributed by atoms with Crippen molar-refractivity contribution < 1.29 is 4.79 Å². The van der Waals surface area contributed by atoms with Gasteiger partial charge in [-0.15, -0.1) is 0 Å². The molecule has 2 aliphatic heterocycles. The smallest absolute Gasteiger partial charge is 0.268 e. The summed E-state index contributed by atoms with van der Waals surface area (Å²) < 4.78 is 1.51. The Morgan fingerprint density at radius 1 is 1.12 bits per heavy atom. The molecule has 0 aliphatic carbocycles. The van der Waals surface area contributed by atoms with E-state index in [0.29, 0.717) is 12.5 Å². The number of anilines is 1. The van der Waals surface area contributed by atoms with E-state index in [1.165, 1.54) is 17.5 Å². The van der Waals surface area contributed by atoms with Crippen LogP contribution in [0, 0.1) is 5.92 Å². The maximum Gasteiger partial charge on any atom is 0.268 e. The quantitative estimate of drug-likeness (QED) is 0.839. The highest BCUT2D eigenvalue weighted by molar-refractivity contribution is 5.79. The van der Waals surface area contributed by atoms with Gasteiger partial charge in [0.05, 0.1) is 11.9 Å². The lowest BCUT2D eigenvalue weighted by atomic mass is 9.95. The summed E-state index contributed by atoms with van der Waals surface area (Å²) in [6, 6.07) is 1.68. The van der Waals surface area contributed by atoms with Crippen molar-refractivity contribution in [2.24, 2.45) is 5.92 Å². The first-order chi connectivity index (χ1) is 12.2. The minimum atomic E-state index is -0.0397. The molecule has 1 aromatic rings. The van der Waals surface area contributed by atoms with Crippen molar-refractivity contribution in [3.63, 3.8) is 0 Å². The molecular formula is C19H30N4O2. The normalized spacial score (nSPS) is 19.7. The molecule has 6 nitrogen and oxygen atoms in total. The van der Waals surface area contributed by atoms with Crippen molar-refractivity contribution in [3.05, 3.63) is 22.6 Å². The fraction of sp³-hybridized carbons (Fsp3) is 0.737. The van der Waals surface area contributed by atoms with Crippen LogP contribution in [0.25, 0.3) is 0 Å². The molecule has 1 aromatic heterocycles. The van der Waals surface area contributed by atoms with Gasteiger partial charge in [0, 0.05) is 44.7 Å². The maximum absolute atomic E-state index is 12.8. The lowest BCUT2D eigenvalue weighted by Gasteiger charge is -2.35. The van der Waals surface area contributed by atoms with E-state index in [9.17, 15) is 9.59 Å². The zero-order chi connectivity index (χ0) is 17.6. The first-order valence-electron chi connectivity index (χ1n) is 9.80. The summed E-state index contributed by atoms with van der Waals surface area (Å²) >= 11 is 0. The van der Waals surface area contributed by atoms with Crippen molar-refractivity contribution in [1.29, 1.82) is 0 Å². The largest absolute Gasteiger partial charge is 0.370 e. The number of rotatable bonds is 4. The molecule has 2 aliphatic rings. The van der Waals surface area contributed by atoms with Crippen LogP contribution < -0.4 is 10.5 Å². The molecule has 1 amide bonds. The summed E-state index contributed by atoms with van der Waals surface area (Å²) in [6.45, 7) is 6.20. The highest BCUT2D eigenvalue weighted by atomic mass is 16.2. The van der Waals surface area contributed by atoms with E-state index in [1.54, 1.807) is 12.3 Å². The molecule has 3 heterocycles. The molecule has 0 unspecified atom stereocenters. The first kappa shape index (κ1) is 18.0. The lowest BCUT2D eigenvalue weighted by molar-refractivity contribution is -0.136. The van der Waals surface area contributed by atoms with Crippen molar-refractivity contribution in [2.45, 2.75) is 58.4 Å². The number of likely N-dealkylation sites (tertiary alicyclic amines) is 1. The van der Waals surface area contributed by atoms with E-state index in [-0.39, 0.29) is 11.5 Å². The summed E-state index contributed by atoms with van der Waals surface area (Å²) in [7, 11) is 0. The zero-order valence-corrected chi connectivity index (χ0v) is 15.3. The van der Waals surface area contributed by atoms with Gasteiger partial charge in [0.15, 0.2) is 0 Å². The molecule has 138 valence electrons. The third-order valence-corrected chi connectivity index (χ3v) is 5.42. The van der Waals surface area contributed by atoms with Crippen LogP contribution in [0.4, 0.5) is 5.69 Å². The second-order valence-corrected chi connectivity index (χ2v) is 7.28. The zero-order valence-electron chi connectivity index (χ0n) is 15.3. The Morgan fingerprint density at radius 3 is 2.40 bits per heavy atom. The summed E-state index contributed by atoms with van der Waals surface area (Å²) in [5.74, 6) is 0.487. The lowest BCUT2D eigenvalue weighted by Crippen LogP contribution is -2.43. The van der Waals surface area contributed by atoms with E-state index < -0.39 is 0 Å². The van der Waals surface area contributed by atoms with Gasteiger partial charge in [-0.3, -0.25) is 9.59 Å². The van der Waals surface area contributed by atoms with Crippen LogP contribution in [0.5, 0.6) is 0 Å². The third kappa shape index (κ3) is 4.41. The maximum atomic E-state index is 12.8. The third-order valence-electron chi connectivity index (χ3n) is 5.42. The molecule has 2 saturated heterocycles. The van der Waals surface area contributed by atoms with E-state index in [1.807, 2.05) is 6.92 Å². The summed E-state index contributed by atoms with van der Waals surface area (Å²) in [4.78, 5) is 29.1. The average molecular weight is 346 g/mol. The van der Waals surface area contributed by atoms with Crippen LogP contribution in [0.3, 0.4) is 0 Å². The number of carbonyl (C=O) groups is 1. The Hall–Kier alpha value is -1.85. The predicted octanol–water partition coefficient (Wildman–Crippen LogP) is 2.27. The van der Waals surface area contributed by atoms with E-state index in [0.717, 1.165) is 64.0 Å². The molecule has 25 heavy (non-hydrogen) atoms. The van der Waals surface area contributed by atoms with Gasteiger partial charge in [0.25, 0.3) is 5.56 Å². The topological polar surface area (TPSA) is 58.4 Å². The Morgan fingerprint density at radius 2 is 1.80 bits per heavy atom.